The Balaban J connectivity index is 0. The van der Waals surface area contributed by atoms with Crippen LogP contribution in [0.5, 0.6) is 0 Å². The summed E-state index contributed by atoms with van der Waals surface area (Å²) < 4.78 is 4.17. The molecule has 0 heterocycles. The van der Waals surface area contributed by atoms with Gasteiger partial charge < -0.3 is 10.1 Å². The molecule has 0 aromatic heterocycles. The fourth-order valence-corrected chi connectivity index (χ4v) is 0.498. The van der Waals surface area contributed by atoms with Crippen LogP contribution in [-0.2, 0) is 9.53 Å². The van der Waals surface area contributed by atoms with Crippen LogP contribution in [0, 0.1) is 0 Å². The van der Waals surface area contributed by atoms with Crippen molar-refractivity contribution in [2.45, 2.75) is 20.3 Å². The molecule has 0 atom stereocenters. The summed E-state index contributed by atoms with van der Waals surface area (Å²) >= 11 is 0. The lowest BCUT2D eigenvalue weighted by Crippen LogP contribution is -2.12. The Hall–Kier alpha value is -1.09. The van der Waals surface area contributed by atoms with Crippen molar-refractivity contribution < 1.29 is 9.53 Å². The zero-order valence-electron chi connectivity index (χ0n) is 8.51. The van der Waals surface area contributed by atoms with E-state index in [0.29, 0.717) is 0 Å². The molecule has 0 fully saturated rings. The summed E-state index contributed by atoms with van der Waals surface area (Å²) in [5, 5.41) is 3.18. The second-order valence-corrected chi connectivity index (χ2v) is 2.21. The van der Waals surface area contributed by atoms with Crippen LogP contribution in [0.25, 0.3) is 0 Å². The lowest BCUT2D eigenvalue weighted by molar-refractivity contribution is -0.135. The van der Waals surface area contributed by atoms with Gasteiger partial charge in [0.15, 0.2) is 0 Å². The van der Waals surface area contributed by atoms with E-state index in [0.717, 1.165) is 25.8 Å². The fraction of sp³-hybridized carbons (Fsp3) is 0.500. The molecule has 0 aliphatic rings. The summed E-state index contributed by atoms with van der Waals surface area (Å²) in [5.74, 6) is -0.329. The van der Waals surface area contributed by atoms with Crippen molar-refractivity contribution in [3.8, 4) is 0 Å². The van der Waals surface area contributed by atoms with Crippen molar-refractivity contribution in [2.24, 2.45) is 0 Å². The maximum absolute atomic E-state index is 9.75. The lowest BCUT2D eigenvalue weighted by atomic mass is 10.4. The molecular weight excluding hydrogens is 166 g/mol. The Bertz CT molecular complexity index is 144. The number of esters is 1. The topological polar surface area (TPSA) is 38.3 Å². The summed E-state index contributed by atoms with van der Waals surface area (Å²) in [6.45, 7) is 12.3. The molecule has 13 heavy (non-hydrogen) atoms. The molecule has 0 aromatic rings. The Morgan fingerprint density at radius 1 is 1.54 bits per heavy atom. The molecule has 3 heteroatoms. The van der Waals surface area contributed by atoms with Crippen LogP contribution >= 0.6 is 0 Å². The molecule has 0 aromatic carbocycles. The average molecular weight is 185 g/mol. The maximum atomic E-state index is 9.75. The largest absolute Gasteiger partial charge is 0.435 e. The van der Waals surface area contributed by atoms with Crippen LogP contribution in [-0.4, -0.2) is 19.1 Å². The Morgan fingerprint density at radius 2 is 2.15 bits per heavy atom. The first-order valence-corrected chi connectivity index (χ1v) is 4.28. The minimum Gasteiger partial charge on any atom is -0.435 e. The van der Waals surface area contributed by atoms with Crippen LogP contribution in [0.2, 0.25) is 0 Å². The highest BCUT2D eigenvalue weighted by atomic mass is 16.5. The minimum absolute atomic E-state index is 0.329. The van der Waals surface area contributed by atoms with Crippen molar-refractivity contribution >= 4 is 5.97 Å². The van der Waals surface area contributed by atoms with E-state index < -0.39 is 0 Å². The van der Waals surface area contributed by atoms with Crippen molar-refractivity contribution in [3.05, 3.63) is 25.5 Å². The van der Waals surface area contributed by atoms with Gasteiger partial charge in [0.2, 0.25) is 0 Å². The number of carbonyl (C=O) groups is 1. The molecule has 0 bridgehead atoms. The second kappa shape index (κ2) is 13.5. The van der Waals surface area contributed by atoms with E-state index >= 15 is 0 Å². The Morgan fingerprint density at radius 3 is 2.38 bits per heavy atom. The van der Waals surface area contributed by atoms with Gasteiger partial charge in [0, 0.05) is 6.92 Å². The highest BCUT2D eigenvalue weighted by Gasteiger charge is 1.79. The Labute approximate surface area is 80.5 Å². The number of hydrogen-bond acceptors (Lipinski definition) is 3. The predicted octanol–water partition coefficient (Wildman–Crippen LogP) is 1.86. The van der Waals surface area contributed by atoms with Crippen LogP contribution in [0.15, 0.2) is 25.5 Å². The maximum Gasteiger partial charge on any atom is 0.307 e. The van der Waals surface area contributed by atoms with E-state index in [1.807, 2.05) is 6.08 Å². The summed E-state index contributed by atoms with van der Waals surface area (Å²) in [5.41, 5.74) is 0. The SMILES string of the molecule is C=CCCNCC.C=COC(C)=O. The van der Waals surface area contributed by atoms with Gasteiger partial charge in [0.25, 0.3) is 0 Å². The van der Waals surface area contributed by atoms with E-state index in [9.17, 15) is 4.79 Å². The number of carbonyl (C=O) groups excluding carboxylic acids is 1. The monoisotopic (exact) mass is 185 g/mol. The molecule has 1 N–H and O–H groups in total. The van der Waals surface area contributed by atoms with E-state index in [4.69, 9.17) is 0 Å². The van der Waals surface area contributed by atoms with Gasteiger partial charge in [-0.2, -0.15) is 0 Å². The quantitative estimate of drug-likeness (QED) is 0.307. The normalized spacial score (nSPS) is 7.85. The van der Waals surface area contributed by atoms with E-state index in [2.05, 4.69) is 30.1 Å². The van der Waals surface area contributed by atoms with Crippen LogP contribution < -0.4 is 5.32 Å². The fourth-order valence-electron chi connectivity index (χ4n) is 0.498. The molecule has 0 saturated carbocycles. The lowest BCUT2D eigenvalue weighted by Gasteiger charge is -1.92. The van der Waals surface area contributed by atoms with Gasteiger partial charge in [-0.3, -0.25) is 4.79 Å². The molecule has 0 amide bonds. The standard InChI is InChI=1S/C6H13N.C4H6O2/c1-3-5-6-7-4-2;1-3-6-4(2)5/h3,7H,1,4-6H2,2H3;3H,1H2,2H3. The van der Waals surface area contributed by atoms with E-state index in [1.165, 1.54) is 6.92 Å². The van der Waals surface area contributed by atoms with Crippen LogP contribution in [0.4, 0.5) is 0 Å². The molecule has 76 valence electrons. The molecule has 0 aliphatic carbocycles. The van der Waals surface area contributed by atoms with Crippen LogP contribution in [0.1, 0.15) is 20.3 Å². The smallest absolute Gasteiger partial charge is 0.307 e. The molecule has 0 aliphatic heterocycles. The van der Waals surface area contributed by atoms with Gasteiger partial charge in [0.1, 0.15) is 0 Å². The van der Waals surface area contributed by atoms with Crippen molar-refractivity contribution in [1.29, 1.82) is 0 Å². The molecule has 0 spiro atoms. The van der Waals surface area contributed by atoms with Gasteiger partial charge in [-0.15, -0.1) is 6.58 Å². The molecule has 0 saturated heterocycles. The van der Waals surface area contributed by atoms with E-state index in [-0.39, 0.29) is 5.97 Å². The zero-order valence-corrected chi connectivity index (χ0v) is 8.51. The molecule has 0 rings (SSSR count). The van der Waals surface area contributed by atoms with Gasteiger partial charge in [-0.1, -0.05) is 19.6 Å². The summed E-state index contributed by atoms with van der Waals surface area (Å²) in [4.78, 5) is 9.75. The van der Waals surface area contributed by atoms with Gasteiger partial charge in [-0.25, -0.2) is 0 Å². The van der Waals surface area contributed by atoms with E-state index in [1.54, 1.807) is 0 Å². The van der Waals surface area contributed by atoms with Crippen molar-refractivity contribution in [2.75, 3.05) is 13.1 Å². The van der Waals surface area contributed by atoms with Gasteiger partial charge in [-0.05, 0) is 19.5 Å². The minimum atomic E-state index is -0.329. The zero-order chi connectivity index (χ0) is 10.5. The first-order valence-electron chi connectivity index (χ1n) is 4.28. The summed E-state index contributed by atoms with van der Waals surface area (Å²) in [7, 11) is 0. The summed E-state index contributed by atoms with van der Waals surface area (Å²) in [6.07, 6.45) is 4.10. The van der Waals surface area contributed by atoms with Crippen LogP contribution in [0.3, 0.4) is 0 Å². The highest BCUT2D eigenvalue weighted by molar-refractivity contribution is 5.66. The van der Waals surface area contributed by atoms with Gasteiger partial charge in [0.05, 0.1) is 6.26 Å². The molecular formula is C10H19NO2. The molecule has 3 nitrogen and oxygen atoms in total. The van der Waals surface area contributed by atoms with Gasteiger partial charge >= 0.3 is 5.97 Å². The number of rotatable bonds is 5. The third-order valence-corrected chi connectivity index (χ3v) is 1.02. The third kappa shape index (κ3) is 24.8. The highest BCUT2D eigenvalue weighted by Crippen LogP contribution is 1.72. The summed E-state index contributed by atoms with van der Waals surface area (Å²) in [6, 6.07) is 0. The average Bonchev–Trinajstić information content (AvgIpc) is 2.06. The molecule has 0 radical (unpaired) electrons. The second-order valence-electron chi connectivity index (χ2n) is 2.21. The first-order chi connectivity index (χ1) is 6.18. The first kappa shape index (κ1) is 14.4. The third-order valence-electron chi connectivity index (χ3n) is 1.02. The number of ether oxygens (including phenoxy) is 1. The van der Waals surface area contributed by atoms with Crippen molar-refractivity contribution in [3.63, 3.8) is 0 Å². The number of hydrogen-bond donors (Lipinski definition) is 1. The Kier molecular flexibility index (Phi) is 15.0. The molecule has 0 unspecified atom stereocenters. The predicted molar refractivity (Wildman–Crippen MR) is 55.3 cm³/mol. The van der Waals surface area contributed by atoms with Crippen molar-refractivity contribution in [1.82, 2.24) is 5.32 Å². The number of nitrogens with one attached hydrogen (secondary N) is 1.